The Morgan fingerprint density at radius 1 is 0.528 bits per heavy atom. The van der Waals surface area contributed by atoms with Gasteiger partial charge in [0, 0.05) is 32.7 Å². The minimum absolute atomic E-state index is 0.0604. The second-order valence-corrected chi connectivity index (χ2v) is 14.0. The van der Waals surface area contributed by atoms with E-state index in [0.717, 1.165) is 102 Å². The van der Waals surface area contributed by atoms with E-state index >= 15 is 0 Å². The van der Waals surface area contributed by atoms with E-state index < -0.39 is 0 Å². The number of hydrogen-bond donors (Lipinski definition) is 0. The SMILES string of the molecule is CCC1CC(c2ccccc2)=NC(c2ccccc2)=NC1c1cccc(-c2cccc3c2oc2cccc(-c4ccc5c(c4)oc4ccccc45)c23)c1. The van der Waals surface area contributed by atoms with Gasteiger partial charge in [-0.1, -0.05) is 147 Å². The molecule has 254 valence electrons. The van der Waals surface area contributed by atoms with Gasteiger partial charge in [-0.25, -0.2) is 4.99 Å². The van der Waals surface area contributed by atoms with Crippen LogP contribution in [-0.2, 0) is 0 Å². The maximum absolute atomic E-state index is 6.75. The molecule has 0 spiro atoms. The van der Waals surface area contributed by atoms with Crippen LogP contribution in [0, 0.1) is 5.92 Å². The van der Waals surface area contributed by atoms with Crippen LogP contribution in [-0.4, -0.2) is 11.5 Å². The maximum Gasteiger partial charge on any atom is 0.155 e. The second kappa shape index (κ2) is 12.9. The first-order chi connectivity index (χ1) is 26.2. The van der Waals surface area contributed by atoms with Crippen LogP contribution in [0.4, 0.5) is 0 Å². The Kier molecular flexibility index (Phi) is 7.61. The Hall–Kier alpha value is -6.52. The molecule has 0 saturated heterocycles. The molecule has 1 aliphatic heterocycles. The quantitative estimate of drug-likeness (QED) is 0.175. The Balaban J connectivity index is 1.08. The topological polar surface area (TPSA) is 51.0 Å². The summed E-state index contributed by atoms with van der Waals surface area (Å²) < 4.78 is 13.0. The predicted molar refractivity (Wildman–Crippen MR) is 219 cm³/mol. The van der Waals surface area contributed by atoms with Crippen LogP contribution in [0.3, 0.4) is 0 Å². The van der Waals surface area contributed by atoms with Crippen LogP contribution < -0.4 is 0 Å². The monoisotopic (exact) mass is 684 g/mol. The van der Waals surface area contributed by atoms with E-state index in [1.54, 1.807) is 0 Å². The molecule has 2 atom stereocenters. The average Bonchev–Trinajstić information content (AvgIpc) is 3.73. The summed E-state index contributed by atoms with van der Waals surface area (Å²) in [5.74, 6) is 1.06. The van der Waals surface area contributed by atoms with Gasteiger partial charge in [0.25, 0.3) is 0 Å². The van der Waals surface area contributed by atoms with Gasteiger partial charge in [-0.2, -0.15) is 0 Å². The molecule has 0 radical (unpaired) electrons. The van der Waals surface area contributed by atoms with Crippen LogP contribution >= 0.6 is 0 Å². The lowest BCUT2D eigenvalue weighted by Crippen LogP contribution is -2.14. The van der Waals surface area contributed by atoms with Crippen molar-refractivity contribution in [1.82, 2.24) is 0 Å². The highest BCUT2D eigenvalue weighted by Crippen LogP contribution is 2.43. The molecule has 53 heavy (non-hydrogen) atoms. The van der Waals surface area contributed by atoms with Gasteiger partial charge in [0.2, 0.25) is 0 Å². The molecule has 9 aromatic rings. The van der Waals surface area contributed by atoms with Crippen LogP contribution in [0.1, 0.15) is 42.5 Å². The lowest BCUT2D eigenvalue weighted by Gasteiger charge is -2.23. The summed E-state index contributed by atoms with van der Waals surface area (Å²) in [6, 6.07) is 57.3. The molecular formula is C49H36N2O2. The Labute approximate surface area is 307 Å². The third-order valence-electron chi connectivity index (χ3n) is 10.8. The van der Waals surface area contributed by atoms with Gasteiger partial charge in [-0.15, -0.1) is 0 Å². The fourth-order valence-electron chi connectivity index (χ4n) is 8.15. The third-order valence-corrected chi connectivity index (χ3v) is 10.8. The van der Waals surface area contributed by atoms with Crippen molar-refractivity contribution in [1.29, 1.82) is 0 Å². The molecule has 7 aromatic carbocycles. The van der Waals surface area contributed by atoms with Crippen molar-refractivity contribution in [2.24, 2.45) is 15.9 Å². The highest BCUT2D eigenvalue weighted by Gasteiger charge is 2.28. The van der Waals surface area contributed by atoms with E-state index in [0.29, 0.717) is 0 Å². The maximum atomic E-state index is 6.75. The van der Waals surface area contributed by atoms with Crippen molar-refractivity contribution in [3.63, 3.8) is 0 Å². The molecule has 2 unspecified atom stereocenters. The van der Waals surface area contributed by atoms with Crippen LogP contribution in [0.5, 0.6) is 0 Å². The summed E-state index contributed by atoms with van der Waals surface area (Å²) in [4.78, 5) is 10.7. The second-order valence-electron chi connectivity index (χ2n) is 14.0. The van der Waals surface area contributed by atoms with Gasteiger partial charge < -0.3 is 8.83 Å². The zero-order valence-electron chi connectivity index (χ0n) is 29.4. The highest BCUT2D eigenvalue weighted by atomic mass is 16.3. The number of para-hydroxylation sites is 2. The number of furan rings is 2. The van der Waals surface area contributed by atoms with Gasteiger partial charge in [-0.3, -0.25) is 4.99 Å². The lowest BCUT2D eigenvalue weighted by atomic mass is 9.85. The number of hydrogen-bond acceptors (Lipinski definition) is 4. The van der Waals surface area contributed by atoms with Gasteiger partial charge in [-0.05, 0) is 70.5 Å². The standard InChI is InChI=1S/C49H36N2O2/c1-2-31-29-42(32-14-5-3-6-15-32)50-49(33-16-7-4-8-17-33)51-47(31)36-19-11-18-34(28-36)38-22-12-23-41-46-37(21-13-25-44(46)53-48(38)41)35-26-27-40-39-20-9-10-24-43(39)52-45(40)30-35/h3-28,30-31,47H,2,29H2,1H3. The summed E-state index contributed by atoms with van der Waals surface area (Å²) in [7, 11) is 0. The molecule has 4 nitrogen and oxygen atoms in total. The number of nitrogens with zero attached hydrogens (tertiary/aromatic N) is 2. The minimum Gasteiger partial charge on any atom is -0.456 e. The molecule has 4 heteroatoms. The number of amidine groups is 1. The highest BCUT2D eigenvalue weighted by molar-refractivity contribution is 6.16. The fourth-order valence-corrected chi connectivity index (χ4v) is 8.15. The molecule has 0 amide bonds. The number of benzene rings is 7. The lowest BCUT2D eigenvalue weighted by molar-refractivity contribution is 0.437. The van der Waals surface area contributed by atoms with E-state index in [2.05, 4.69) is 153 Å². The van der Waals surface area contributed by atoms with Crippen LogP contribution in [0.2, 0.25) is 0 Å². The van der Waals surface area contributed by atoms with Gasteiger partial charge in [0.05, 0.1) is 11.8 Å². The number of rotatable bonds is 6. The molecule has 1 aliphatic rings. The first-order valence-electron chi connectivity index (χ1n) is 18.4. The molecule has 0 saturated carbocycles. The Morgan fingerprint density at radius 3 is 2.04 bits per heavy atom. The summed E-state index contributed by atoms with van der Waals surface area (Å²) in [5.41, 5.74) is 12.4. The minimum atomic E-state index is -0.0604. The zero-order chi connectivity index (χ0) is 35.3. The first-order valence-corrected chi connectivity index (χ1v) is 18.4. The molecule has 0 fully saturated rings. The summed E-state index contributed by atoms with van der Waals surface area (Å²) >= 11 is 0. The average molecular weight is 685 g/mol. The first kappa shape index (κ1) is 31.2. The van der Waals surface area contributed by atoms with Gasteiger partial charge >= 0.3 is 0 Å². The fraction of sp³-hybridized carbons (Fsp3) is 0.102. The van der Waals surface area contributed by atoms with Crippen molar-refractivity contribution < 1.29 is 8.83 Å². The van der Waals surface area contributed by atoms with Gasteiger partial charge in [0.1, 0.15) is 22.3 Å². The smallest absolute Gasteiger partial charge is 0.155 e. The summed E-state index contributed by atoms with van der Waals surface area (Å²) in [5, 5.41) is 4.45. The van der Waals surface area contributed by atoms with E-state index in [1.807, 2.05) is 18.2 Å². The van der Waals surface area contributed by atoms with Crippen molar-refractivity contribution >= 4 is 55.4 Å². The molecule has 0 bridgehead atoms. The molecule has 3 heterocycles. The Morgan fingerprint density at radius 2 is 1.19 bits per heavy atom. The largest absolute Gasteiger partial charge is 0.456 e. The van der Waals surface area contributed by atoms with Crippen molar-refractivity contribution in [2.75, 3.05) is 0 Å². The Bertz CT molecular complexity index is 2860. The third kappa shape index (κ3) is 5.46. The zero-order valence-corrected chi connectivity index (χ0v) is 29.4. The molecule has 2 aromatic heterocycles. The number of fused-ring (bicyclic) bond motifs is 6. The number of aliphatic imine (C=N–C) groups is 2. The van der Waals surface area contributed by atoms with E-state index in [1.165, 1.54) is 5.56 Å². The normalized spacial score (nSPS) is 16.2. The van der Waals surface area contributed by atoms with Gasteiger partial charge in [0.15, 0.2) is 5.84 Å². The molecule has 0 N–H and O–H groups in total. The summed E-state index contributed by atoms with van der Waals surface area (Å²) in [6.07, 6.45) is 1.82. The predicted octanol–water partition coefficient (Wildman–Crippen LogP) is 13.2. The van der Waals surface area contributed by atoms with E-state index in [9.17, 15) is 0 Å². The van der Waals surface area contributed by atoms with E-state index in [4.69, 9.17) is 18.8 Å². The van der Waals surface area contributed by atoms with Crippen molar-refractivity contribution in [3.05, 3.63) is 180 Å². The molecule has 0 aliphatic carbocycles. The molecule has 10 rings (SSSR count). The van der Waals surface area contributed by atoms with Crippen molar-refractivity contribution in [3.8, 4) is 22.3 Å². The summed E-state index contributed by atoms with van der Waals surface area (Å²) in [6.45, 7) is 2.27. The van der Waals surface area contributed by atoms with Crippen molar-refractivity contribution in [2.45, 2.75) is 25.8 Å². The van der Waals surface area contributed by atoms with E-state index in [-0.39, 0.29) is 12.0 Å². The van der Waals surface area contributed by atoms with Crippen LogP contribution in [0.25, 0.3) is 66.1 Å². The van der Waals surface area contributed by atoms with Crippen LogP contribution in [0.15, 0.2) is 183 Å². The molecular weight excluding hydrogens is 649 g/mol.